The fraction of sp³-hybridized carbons (Fsp3) is 0.130. The van der Waals surface area contributed by atoms with E-state index in [1.807, 2.05) is 79.7 Å². The van der Waals surface area contributed by atoms with E-state index in [-0.39, 0.29) is 0 Å². The molecule has 0 atom stereocenters. The Kier molecular flexibility index (Phi) is 4.37. The maximum absolute atomic E-state index is 7.24. The second-order valence-corrected chi connectivity index (χ2v) is 5.50. The highest BCUT2D eigenvalue weighted by Crippen LogP contribution is 2.33. The van der Waals surface area contributed by atoms with Gasteiger partial charge in [-0.05, 0) is 42.3 Å². The predicted molar refractivity (Wildman–Crippen MR) is 103 cm³/mol. The molecule has 0 unspecified atom stereocenters. The Morgan fingerprint density at radius 2 is 1.32 bits per heavy atom. The van der Waals surface area contributed by atoms with Crippen LogP contribution in [0.3, 0.4) is 0 Å². The van der Waals surface area contributed by atoms with E-state index in [2.05, 4.69) is 0 Å². The fourth-order valence-electron chi connectivity index (χ4n) is 2.76. The van der Waals surface area contributed by atoms with Gasteiger partial charge in [0.25, 0.3) is 0 Å². The largest absolute Gasteiger partial charge is 0.497 e. The van der Waals surface area contributed by atoms with Crippen molar-refractivity contribution in [2.45, 2.75) is 6.92 Å². The summed E-state index contributed by atoms with van der Waals surface area (Å²) in [5.74, 6) is 1.03. The van der Waals surface area contributed by atoms with Crippen LogP contribution in [-0.2, 0) is 4.74 Å². The fourth-order valence-corrected chi connectivity index (χ4v) is 2.76. The van der Waals surface area contributed by atoms with Crippen LogP contribution in [0.5, 0.6) is 5.75 Å². The normalized spacial score (nSPS) is 12.4. The number of rotatable bonds is 6. The minimum atomic E-state index is -2.47. The molecule has 0 saturated heterocycles. The van der Waals surface area contributed by atoms with E-state index >= 15 is 0 Å². The zero-order chi connectivity index (χ0) is 20.0. The molecule has 0 saturated carbocycles. The van der Waals surface area contributed by atoms with Gasteiger partial charge in [-0.3, -0.25) is 0 Å². The first kappa shape index (κ1) is 13.3. The van der Waals surface area contributed by atoms with Gasteiger partial charge in [0, 0.05) is 11.1 Å². The maximum atomic E-state index is 7.24. The molecule has 0 fully saturated rings. The van der Waals surface area contributed by atoms with E-state index in [0.717, 1.165) is 28.0 Å². The van der Waals surface area contributed by atoms with E-state index in [1.165, 1.54) is 0 Å². The first-order chi connectivity index (χ1) is 13.5. The van der Waals surface area contributed by atoms with Crippen LogP contribution >= 0.6 is 0 Å². The van der Waals surface area contributed by atoms with Crippen molar-refractivity contribution in [3.05, 3.63) is 102 Å². The third-order valence-corrected chi connectivity index (χ3v) is 3.88. The third-order valence-electron chi connectivity index (χ3n) is 3.88. The zero-order valence-corrected chi connectivity index (χ0v) is 14.1. The van der Waals surface area contributed by atoms with Gasteiger partial charge in [0.1, 0.15) is 11.5 Å². The first-order valence-electron chi connectivity index (χ1n) is 9.75. The molecule has 0 aliphatic carbocycles. The van der Waals surface area contributed by atoms with E-state index in [4.69, 9.17) is 13.6 Å². The van der Waals surface area contributed by atoms with Crippen LogP contribution in [0.4, 0.5) is 0 Å². The molecule has 3 rings (SSSR count). The molecule has 0 radical (unpaired) electrons. The summed E-state index contributed by atoms with van der Waals surface area (Å²) < 4.78 is 32.8. The lowest BCUT2D eigenvalue weighted by Crippen LogP contribution is -1.99. The van der Waals surface area contributed by atoms with Gasteiger partial charge in [-0.15, -0.1) is 0 Å². The number of benzene rings is 3. The molecule has 126 valence electrons. The van der Waals surface area contributed by atoms with Gasteiger partial charge in [0.2, 0.25) is 0 Å². The van der Waals surface area contributed by atoms with Crippen molar-refractivity contribution >= 4 is 11.3 Å². The lowest BCUT2D eigenvalue weighted by molar-refractivity contribution is 0.299. The van der Waals surface area contributed by atoms with Gasteiger partial charge >= 0.3 is 0 Å². The van der Waals surface area contributed by atoms with Gasteiger partial charge in [0.05, 0.1) is 17.8 Å². The molecule has 0 bridgehead atoms. The van der Waals surface area contributed by atoms with Crippen molar-refractivity contribution in [3.8, 4) is 5.75 Å². The molecule has 0 heterocycles. The van der Waals surface area contributed by atoms with Gasteiger partial charge in [-0.1, -0.05) is 60.7 Å². The summed E-state index contributed by atoms with van der Waals surface area (Å²) >= 11 is 0. The SMILES string of the molecule is [2H]C([2H])([2H])Oc1ccc(C(OCC)=C(c2ccccc2)c2ccccc2)cc1. The van der Waals surface area contributed by atoms with E-state index < -0.39 is 7.04 Å². The average molecular weight is 333 g/mol. The van der Waals surface area contributed by atoms with Crippen LogP contribution in [0.15, 0.2) is 84.9 Å². The summed E-state index contributed by atoms with van der Waals surface area (Å²) in [5, 5.41) is 0. The monoisotopic (exact) mass is 333 g/mol. The standard InChI is InChI=1S/C23H22O2/c1-3-25-23(20-14-16-21(24-2)17-15-20)22(18-10-6-4-7-11-18)19-12-8-5-9-13-19/h4-17H,3H2,1-2H3/i2D3. The highest BCUT2D eigenvalue weighted by atomic mass is 16.5. The highest BCUT2D eigenvalue weighted by Gasteiger charge is 2.15. The Hall–Kier alpha value is -3.00. The smallest absolute Gasteiger partial charge is 0.134 e. The van der Waals surface area contributed by atoms with Crippen molar-refractivity contribution in [1.29, 1.82) is 0 Å². The summed E-state index contributed by atoms with van der Waals surface area (Å²) in [6, 6.07) is 27.1. The van der Waals surface area contributed by atoms with E-state index in [0.29, 0.717) is 12.4 Å². The Morgan fingerprint density at radius 3 is 1.80 bits per heavy atom. The molecule has 0 aliphatic rings. The van der Waals surface area contributed by atoms with Crippen LogP contribution in [0.1, 0.15) is 27.7 Å². The second-order valence-electron chi connectivity index (χ2n) is 5.50. The minimum Gasteiger partial charge on any atom is -0.497 e. The lowest BCUT2D eigenvalue weighted by Gasteiger charge is -2.17. The maximum Gasteiger partial charge on any atom is 0.134 e. The summed E-state index contributed by atoms with van der Waals surface area (Å²) in [6.45, 7) is 2.45. The van der Waals surface area contributed by atoms with Crippen molar-refractivity contribution in [2.24, 2.45) is 0 Å². The average Bonchev–Trinajstić information content (AvgIpc) is 2.69. The molecular weight excluding hydrogens is 308 g/mol. The number of hydrogen-bond donors (Lipinski definition) is 0. The molecule has 0 N–H and O–H groups in total. The van der Waals surface area contributed by atoms with Gasteiger partial charge in [0.15, 0.2) is 0 Å². The van der Waals surface area contributed by atoms with Crippen molar-refractivity contribution in [2.75, 3.05) is 13.6 Å². The Morgan fingerprint density at radius 1 is 0.760 bits per heavy atom. The van der Waals surface area contributed by atoms with Crippen LogP contribution in [0, 0.1) is 0 Å². The topological polar surface area (TPSA) is 18.5 Å². The Balaban J connectivity index is 2.13. The molecule has 3 aromatic rings. The molecule has 0 aromatic heterocycles. The summed E-state index contributed by atoms with van der Waals surface area (Å²) in [6.07, 6.45) is 0. The molecule has 0 aliphatic heterocycles. The quantitative estimate of drug-likeness (QED) is 0.429. The number of ether oxygens (including phenoxy) is 2. The third kappa shape index (κ3) is 3.92. The molecule has 3 aromatic carbocycles. The van der Waals surface area contributed by atoms with E-state index in [9.17, 15) is 0 Å². The molecule has 0 spiro atoms. The number of hydrogen-bond acceptors (Lipinski definition) is 2. The Bertz CT molecular complexity index is 874. The summed E-state index contributed by atoms with van der Waals surface area (Å²) in [7, 11) is -2.47. The molecule has 2 heteroatoms. The molecule has 25 heavy (non-hydrogen) atoms. The van der Waals surface area contributed by atoms with Crippen LogP contribution in [-0.4, -0.2) is 13.6 Å². The van der Waals surface area contributed by atoms with Crippen molar-refractivity contribution in [3.63, 3.8) is 0 Å². The highest BCUT2D eigenvalue weighted by molar-refractivity contribution is 5.96. The van der Waals surface area contributed by atoms with Gasteiger partial charge in [-0.25, -0.2) is 0 Å². The predicted octanol–water partition coefficient (Wildman–Crippen LogP) is 5.65. The number of methoxy groups -OCH3 is 1. The lowest BCUT2D eigenvalue weighted by atomic mass is 9.94. The minimum absolute atomic E-state index is 0.292. The molecule has 0 amide bonds. The van der Waals surface area contributed by atoms with Crippen LogP contribution in [0.2, 0.25) is 0 Å². The van der Waals surface area contributed by atoms with Gasteiger partial charge in [-0.2, -0.15) is 0 Å². The van der Waals surface area contributed by atoms with E-state index in [1.54, 1.807) is 12.1 Å². The van der Waals surface area contributed by atoms with Gasteiger partial charge < -0.3 is 9.47 Å². The zero-order valence-electron chi connectivity index (χ0n) is 17.1. The molecular formula is C23H22O2. The molecule has 2 nitrogen and oxygen atoms in total. The van der Waals surface area contributed by atoms with Crippen LogP contribution in [0.25, 0.3) is 11.3 Å². The Labute approximate surface area is 153 Å². The van der Waals surface area contributed by atoms with Crippen molar-refractivity contribution < 1.29 is 13.6 Å². The first-order valence-corrected chi connectivity index (χ1v) is 8.25. The summed E-state index contributed by atoms with van der Waals surface area (Å²) in [5.41, 5.74) is 3.91. The second kappa shape index (κ2) is 8.20. The van der Waals surface area contributed by atoms with Crippen molar-refractivity contribution in [1.82, 2.24) is 0 Å². The summed E-state index contributed by atoms with van der Waals surface area (Å²) in [4.78, 5) is 0. The van der Waals surface area contributed by atoms with Crippen LogP contribution < -0.4 is 4.74 Å².